The summed E-state index contributed by atoms with van der Waals surface area (Å²) in [5.74, 6) is -1.65. The number of carboxylic acid groups (broad SMARTS) is 1. The summed E-state index contributed by atoms with van der Waals surface area (Å²) >= 11 is 0. The van der Waals surface area contributed by atoms with E-state index in [0.29, 0.717) is 0 Å². The van der Waals surface area contributed by atoms with E-state index in [1.165, 1.54) is 0 Å². The second-order valence-corrected chi connectivity index (χ2v) is 6.60. The van der Waals surface area contributed by atoms with Crippen LogP contribution >= 0.6 is 0 Å². The molecule has 19 heavy (non-hydrogen) atoms. The van der Waals surface area contributed by atoms with Gasteiger partial charge in [-0.3, -0.25) is 0 Å². The Bertz CT molecular complexity index is 479. The highest BCUT2D eigenvalue weighted by Gasteiger charge is 2.27. The van der Waals surface area contributed by atoms with Crippen LogP contribution in [0.4, 0.5) is 10.2 Å². The van der Waals surface area contributed by atoms with Crippen molar-refractivity contribution in [3.8, 4) is 0 Å². The molecule has 1 rings (SSSR count). The van der Waals surface area contributed by atoms with E-state index in [2.05, 4.69) is 31.1 Å². The first-order chi connectivity index (χ1) is 8.50. The molecule has 1 heterocycles. The van der Waals surface area contributed by atoms with Gasteiger partial charge < -0.3 is 10.4 Å². The molecule has 0 aliphatic carbocycles. The molecule has 106 valence electrons. The summed E-state index contributed by atoms with van der Waals surface area (Å²) in [7, 11) is 0. The van der Waals surface area contributed by atoms with Crippen LogP contribution in [0.25, 0.3) is 0 Å². The lowest BCUT2D eigenvalue weighted by molar-refractivity contribution is 0.0697. The third kappa shape index (κ3) is 4.85. The molecule has 0 aromatic carbocycles. The molecule has 1 aromatic rings. The zero-order valence-electron chi connectivity index (χ0n) is 12.0. The molecule has 0 bridgehead atoms. The summed E-state index contributed by atoms with van der Waals surface area (Å²) in [6.07, 6.45) is 1.83. The molecule has 2 N–H and O–H groups in total. The third-order valence-electron chi connectivity index (χ3n) is 2.51. The van der Waals surface area contributed by atoms with Crippen molar-refractivity contribution in [1.29, 1.82) is 0 Å². The Kier molecular flexibility index (Phi) is 4.18. The highest BCUT2D eigenvalue weighted by molar-refractivity contribution is 5.93. The normalized spacial score (nSPS) is 12.3. The summed E-state index contributed by atoms with van der Waals surface area (Å²) in [6.45, 7) is 10.2. The molecule has 0 saturated carbocycles. The van der Waals surface area contributed by atoms with E-state index in [-0.39, 0.29) is 22.3 Å². The molecule has 0 saturated heterocycles. The number of hydrogen-bond donors (Lipinski definition) is 2. The number of pyridine rings is 1. The standard InChI is InChI=1S/C14H21FN2O2/c1-13(2,3)8-14(4,5)17-11-10(12(18)19)6-9(15)7-16-11/h6-7H,8H2,1-5H3,(H,16,17)(H,18,19). The summed E-state index contributed by atoms with van der Waals surface area (Å²) in [6, 6.07) is 0.977. The Balaban J connectivity index is 3.02. The van der Waals surface area contributed by atoms with Crippen molar-refractivity contribution >= 4 is 11.8 Å². The minimum atomic E-state index is -1.19. The number of nitrogens with zero attached hydrogens (tertiary/aromatic N) is 1. The fourth-order valence-corrected chi connectivity index (χ4v) is 2.39. The van der Waals surface area contributed by atoms with Gasteiger partial charge in [0.2, 0.25) is 0 Å². The van der Waals surface area contributed by atoms with Crippen molar-refractivity contribution in [2.75, 3.05) is 5.32 Å². The number of nitrogens with one attached hydrogen (secondary N) is 1. The van der Waals surface area contributed by atoms with Crippen LogP contribution in [0, 0.1) is 11.2 Å². The van der Waals surface area contributed by atoms with Crippen LogP contribution in [0.2, 0.25) is 0 Å². The van der Waals surface area contributed by atoms with Gasteiger partial charge in [0.1, 0.15) is 17.2 Å². The number of aromatic nitrogens is 1. The van der Waals surface area contributed by atoms with E-state index in [9.17, 15) is 9.18 Å². The average Bonchev–Trinajstić information content (AvgIpc) is 2.16. The van der Waals surface area contributed by atoms with E-state index in [1.807, 2.05) is 13.8 Å². The number of carbonyl (C=O) groups is 1. The highest BCUT2D eigenvalue weighted by Crippen LogP contribution is 2.30. The van der Waals surface area contributed by atoms with Crippen LogP contribution in [-0.2, 0) is 0 Å². The Morgan fingerprint density at radius 1 is 1.37 bits per heavy atom. The SMILES string of the molecule is CC(C)(C)CC(C)(C)Nc1ncc(F)cc1C(=O)O. The van der Waals surface area contributed by atoms with Crippen molar-refractivity contribution in [1.82, 2.24) is 4.98 Å². The fourth-order valence-electron chi connectivity index (χ4n) is 2.39. The molecule has 0 aliphatic rings. The Morgan fingerprint density at radius 2 is 1.95 bits per heavy atom. The number of aromatic carboxylic acids is 1. The molecular formula is C14H21FN2O2. The van der Waals surface area contributed by atoms with Gasteiger partial charge in [0.15, 0.2) is 0 Å². The lowest BCUT2D eigenvalue weighted by Crippen LogP contribution is -2.36. The number of anilines is 1. The Morgan fingerprint density at radius 3 is 2.42 bits per heavy atom. The lowest BCUT2D eigenvalue weighted by Gasteiger charge is -2.34. The molecule has 4 nitrogen and oxygen atoms in total. The molecule has 0 unspecified atom stereocenters. The largest absolute Gasteiger partial charge is 0.478 e. The molecule has 1 aromatic heterocycles. The van der Waals surface area contributed by atoms with E-state index in [4.69, 9.17) is 5.11 Å². The fraction of sp³-hybridized carbons (Fsp3) is 0.571. The molecule has 0 amide bonds. The van der Waals surface area contributed by atoms with Crippen molar-refractivity contribution in [3.05, 3.63) is 23.6 Å². The second kappa shape index (κ2) is 5.15. The van der Waals surface area contributed by atoms with Gasteiger partial charge in [0, 0.05) is 5.54 Å². The molecule has 0 spiro atoms. The number of rotatable bonds is 4. The van der Waals surface area contributed by atoms with Gasteiger partial charge in [-0.15, -0.1) is 0 Å². The maximum absolute atomic E-state index is 13.1. The quantitative estimate of drug-likeness (QED) is 0.876. The minimum Gasteiger partial charge on any atom is -0.478 e. The smallest absolute Gasteiger partial charge is 0.339 e. The highest BCUT2D eigenvalue weighted by atomic mass is 19.1. The van der Waals surface area contributed by atoms with Crippen LogP contribution in [0.3, 0.4) is 0 Å². The molecule has 0 fully saturated rings. The summed E-state index contributed by atoms with van der Waals surface area (Å²) < 4.78 is 13.1. The number of halogens is 1. The van der Waals surface area contributed by atoms with Gasteiger partial charge in [0.05, 0.1) is 6.20 Å². The van der Waals surface area contributed by atoms with E-state index in [0.717, 1.165) is 18.7 Å². The average molecular weight is 268 g/mol. The first-order valence-electron chi connectivity index (χ1n) is 6.17. The predicted octanol–water partition coefficient (Wildman–Crippen LogP) is 3.55. The molecule has 0 radical (unpaired) electrons. The zero-order valence-corrected chi connectivity index (χ0v) is 12.0. The first kappa shape index (κ1) is 15.4. The van der Waals surface area contributed by atoms with Gasteiger partial charge in [-0.2, -0.15) is 0 Å². The van der Waals surface area contributed by atoms with E-state index < -0.39 is 11.8 Å². The van der Waals surface area contributed by atoms with Crippen molar-refractivity contribution in [2.24, 2.45) is 5.41 Å². The van der Waals surface area contributed by atoms with Crippen LogP contribution in [-0.4, -0.2) is 21.6 Å². The molecule has 0 aliphatic heterocycles. The topological polar surface area (TPSA) is 62.2 Å². The lowest BCUT2D eigenvalue weighted by atomic mass is 9.82. The second-order valence-electron chi connectivity index (χ2n) is 6.60. The predicted molar refractivity (Wildman–Crippen MR) is 72.9 cm³/mol. The van der Waals surface area contributed by atoms with Gasteiger partial charge in [0.25, 0.3) is 0 Å². The minimum absolute atomic E-state index is 0.0833. The van der Waals surface area contributed by atoms with Gasteiger partial charge in [-0.05, 0) is 31.7 Å². The Labute approximate surface area is 113 Å². The van der Waals surface area contributed by atoms with Crippen LogP contribution < -0.4 is 5.32 Å². The van der Waals surface area contributed by atoms with Crippen molar-refractivity contribution < 1.29 is 14.3 Å². The van der Waals surface area contributed by atoms with Crippen LogP contribution in [0.15, 0.2) is 12.3 Å². The first-order valence-corrected chi connectivity index (χ1v) is 6.17. The van der Waals surface area contributed by atoms with E-state index >= 15 is 0 Å². The summed E-state index contributed by atoms with van der Waals surface area (Å²) in [4.78, 5) is 14.9. The number of hydrogen-bond acceptors (Lipinski definition) is 3. The van der Waals surface area contributed by atoms with E-state index in [1.54, 1.807) is 0 Å². The third-order valence-corrected chi connectivity index (χ3v) is 2.51. The monoisotopic (exact) mass is 268 g/mol. The number of carboxylic acids is 1. The zero-order chi connectivity index (χ0) is 14.8. The Hall–Kier alpha value is -1.65. The van der Waals surface area contributed by atoms with Gasteiger partial charge >= 0.3 is 5.97 Å². The summed E-state index contributed by atoms with van der Waals surface area (Å²) in [5.41, 5.74) is -0.408. The molecule has 0 atom stereocenters. The van der Waals surface area contributed by atoms with Crippen LogP contribution in [0.5, 0.6) is 0 Å². The molecule has 5 heteroatoms. The maximum Gasteiger partial charge on any atom is 0.339 e. The molecular weight excluding hydrogens is 247 g/mol. The van der Waals surface area contributed by atoms with Crippen LogP contribution in [0.1, 0.15) is 51.4 Å². The summed E-state index contributed by atoms with van der Waals surface area (Å²) in [5, 5.41) is 12.2. The van der Waals surface area contributed by atoms with Crippen molar-refractivity contribution in [2.45, 2.75) is 46.6 Å². The van der Waals surface area contributed by atoms with Gasteiger partial charge in [-0.25, -0.2) is 14.2 Å². The maximum atomic E-state index is 13.1. The van der Waals surface area contributed by atoms with Gasteiger partial charge in [-0.1, -0.05) is 20.8 Å². The van der Waals surface area contributed by atoms with Crippen molar-refractivity contribution in [3.63, 3.8) is 0 Å².